The summed E-state index contributed by atoms with van der Waals surface area (Å²) in [7, 11) is 0. The number of hydrogen-bond donors (Lipinski definition) is 0. The molecule has 11 aromatic rings. The van der Waals surface area contributed by atoms with Crippen molar-refractivity contribution in [3.63, 3.8) is 0 Å². The van der Waals surface area contributed by atoms with E-state index in [2.05, 4.69) is 60.7 Å². The molecule has 0 N–H and O–H groups in total. The molecule has 258 valence electrons. The van der Waals surface area contributed by atoms with Crippen LogP contribution in [0.15, 0.2) is 198 Å². The summed E-state index contributed by atoms with van der Waals surface area (Å²) in [5.41, 5.74) is 6.35. The monoisotopic (exact) mass is 713 g/mol. The summed E-state index contributed by atoms with van der Waals surface area (Å²) in [5.74, 6) is 0. The number of furan rings is 1. The molecule has 11 rings (SSSR count). The molecule has 0 saturated heterocycles. The third-order valence-corrected chi connectivity index (χ3v) is 10.7. The summed E-state index contributed by atoms with van der Waals surface area (Å²) >= 11 is 0. The highest BCUT2D eigenvalue weighted by atomic mass is 16.3. The van der Waals surface area contributed by atoms with Crippen molar-refractivity contribution >= 4 is 65.0 Å². The van der Waals surface area contributed by atoms with Gasteiger partial charge < -0.3 is 4.42 Å². The van der Waals surface area contributed by atoms with Gasteiger partial charge in [-0.15, -0.1) is 0 Å². The average Bonchev–Trinajstić information content (AvgIpc) is 3.74. The van der Waals surface area contributed by atoms with Crippen LogP contribution in [0, 0.1) is 0 Å². The Morgan fingerprint density at radius 2 is 0.964 bits per heavy atom. The highest BCUT2D eigenvalue weighted by Crippen LogP contribution is 2.40. The van der Waals surface area contributed by atoms with Crippen molar-refractivity contribution in [1.29, 1.82) is 0 Å². The normalized spacial score (nSPS) is 15.1. The van der Waals surface area contributed by atoms with E-state index in [0.717, 1.165) is 65.7 Å². The Labute approximate surface area is 338 Å². The Hall–Kier alpha value is -6.96. The lowest BCUT2D eigenvalue weighted by molar-refractivity contribution is 0.670. The first-order chi connectivity index (χ1) is 32.6. The zero-order valence-electron chi connectivity index (χ0n) is 42.3. The van der Waals surface area contributed by atoms with Crippen molar-refractivity contribution in [1.82, 2.24) is 0 Å². The second-order valence-electron chi connectivity index (χ2n) is 13.8. The van der Waals surface area contributed by atoms with Crippen LogP contribution in [-0.4, -0.2) is 0 Å². The van der Waals surface area contributed by atoms with Crippen molar-refractivity contribution in [3.8, 4) is 22.3 Å². The van der Waals surface area contributed by atoms with Crippen molar-refractivity contribution in [2.24, 2.45) is 0 Å². The van der Waals surface area contributed by atoms with Crippen LogP contribution in [-0.2, 0) is 12.8 Å². The maximum atomic E-state index is 9.24. The summed E-state index contributed by atoms with van der Waals surface area (Å²) in [6.07, 6.45) is -0.470. The van der Waals surface area contributed by atoms with Gasteiger partial charge in [0.1, 0.15) is 11.2 Å². The summed E-state index contributed by atoms with van der Waals surface area (Å²) in [4.78, 5) is 0. The molecule has 0 atom stereocenters. The highest BCUT2D eigenvalue weighted by molar-refractivity contribution is 6.11. The minimum Gasteiger partial charge on any atom is -0.455 e. The van der Waals surface area contributed by atoms with Gasteiger partial charge in [0.05, 0.1) is 17.8 Å². The lowest BCUT2D eigenvalue weighted by Crippen LogP contribution is -1.98. The van der Waals surface area contributed by atoms with E-state index in [1.165, 1.54) is 0 Å². The van der Waals surface area contributed by atoms with E-state index in [4.69, 9.17) is 16.8 Å². The topological polar surface area (TPSA) is 13.1 Å². The molecule has 0 aliphatic rings. The van der Waals surface area contributed by atoms with E-state index < -0.39 is 85.0 Å². The first kappa shape index (κ1) is 21.1. The van der Waals surface area contributed by atoms with Crippen LogP contribution in [0.25, 0.3) is 87.3 Å². The van der Waals surface area contributed by atoms with Crippen LogP contribution in [0.3, 0.4) is 0 Å². The Morgan fingerprint density at radius 3 is 1.75 bits per heavy atom. The van der Waals surface area contributed by atoms with Gasteiger partial charge in [0.15, 0.2) is 0 Å². The van der Waals surface area contributed by atoms with Crippen LogP contribution < -0.4 is 0 Å². The standard InChI is InChI=1S/C54H36O/c1-2-12-35(13-3-1)31-51-45-17-6-8-19-47(45)52(48-20-9-7-18-46(48)51)32-36-24-25-39-33-40(27-26-38(39)30-36)44-22-11-23-50-49-29-28-41(34-53(49)55-54(44)50)43-21-10-15-37-14-4-5-16-42(37)43/h1-30,33-34H,31-32H2/i1D,2D,3D,6D,7D,8D,9D,12D,13D,17D,18D,19D,20D. The zero-order valence-corrected chi connectivity index (χ0v) is 29.3. The molecule has 1 aromatic heterocycles. The number of para-hydroxylation sites is 1. The first-order valence-electron chi connectivity index (χ1n) is 24.6. The maximum absolute atomic E-state index is 9.24. The van der Waals surface area contributed by atoms with Crippen molar-refractivity contribution in [3.05, 3.63) is 216 Å². The summed E-state index contributed by atoms with van der Waals surface area (Å²) in [6.45, 7) is 0. The third-order valence-electron chi connectivity index (χ3n) is 10.7. The molecule has 0 amide bonds. The average molecular weight is 714 g/mol. The van der Waals surface area contributed by atoms with E-state index in [1.54, 1.807) is 0 Å². The van der Waals surface area contributed by atoms with Crippen LogP contribution in [0.4, 0.5) is 0 Å². The fourth-order valence-corrected chi connectivity index (χ4v) is 8.12. The van der Waals surface area contributed by atoms with Crippen LogP contribution in [0.5, 0.6) is 0 Å². The van der Waals surface area contributed by atoms with Crippen molar-refractivity contribution in [2.75, 3.05) is 0 Å². The molecule has 1 heterocycles. The number of benzene rings is 10. The quantitative estimate of drug-likeness (QED) is 0.156. The molecule has 0 saturated carbocycles. The predicted molar refractivity (Wildman–Crippen MR) is 233 cm³/mol. The second-order valence-corrected chi connectivity index (χ2v) is 13.8. The number of hydrogen-bond acceptors (Lipinski definition) is 1. The summed E-state index contributed by atoms with van der Waals surface area (Å²) < 4.78 is 121. The minimum absolute atomic E-state index is 0.00288. The van der Waals surface area contributed by atoms with Gasteiger partial charge in [-0.05, 0) is 113 Å². The van der Waals surface area contributed by atoms with Gasteiger partial charge in [0, 0.05) is 16.3 Å². The number of fused-ring (bicyclic) bond motifs is 7. The molecule has 0 aliphatic heterocycles. The largest absolute Gasteiger partial charge is 0.455 e. The molecule has 1 heteroatoms. The minimum atomic E-state index is -0.611. The van der Waals surface area contributed by atoms with Crippen LogP contribution in [0.2, 0.25) is 0 Å². The maximum Gasteiger partial charge on any atom is 0.143 e. The molecule has 55 heavy (non-hydrogen) atoms. The Bertz CT molecular complexity index is 3910. The van der Waals surface area contributed by atoms with Gasteiger partial charge in [-0.3, -0.25) is 0 Å². The smallest absolute Gasteiger partial charge is 0.143 e. The molecular weight excluding hydrogens is 665 g/mol. The van der Waals surface area contributed by atoms with Gasteiger partial charge in [-0.2, -0.15) is 0 Å². The van der Waals surface area contributed by atoms with E-state index in [-0.39, 0.29) is 44.7 Å². The highest BCUT2D eigenvalue weighted by Gasteiger charge is 2.17. The van der Waals surface area contributed by atoms with Gasteiger partial charge in [-0.1, -0.05) is 176 Å². The lowest BCUT2D eigenvalue weighted by Gasteiger charge is -2.17. The SMILES string of the molecule is [2H]c1c([2H])c([2H])c(Cc2c3c([2H])c([2H])c([2H])c([2H])c3c(Cc3ccc4cc(-c5cccc6c5oc5cc(-c7cccc8ccccc78)ccc56)ccc4c3)c3c([2H])c([2H])c([2H])c([2H])c23)c([2H])c1[2H]. The Morgan fingerprint density at radius 1 is 0.382 bits per heavy atom. The van der Waals surface area contributed by atoms with Gasteiger partial charge >= 0.3 is 0 Å². The second kappa shape index (κ2) is 12.9. The van der Waals surface area contributed by atoms with Gasteiger partial charge in [0.25, 0.3) is 0 Å². The molecular formula is C54H36O. The van der Waals surface area contributed by atoms with E-state index in [0.29, 0.717) is 5.56 Å². The zero-order chi connectivity index (χ0) is 47.6. The molecule has 0 fully saturated rings. The third kappa shape index (κ3) is 5.39. The van der Waals surface area contributed by atoms with Crippen LogP contribution >= 0.6 is 0 Å². The Balaban J connectivity index is 1.05. The molecule has 0 aliphatic carbocycles. The van der Waals surface area contributed by atoms with Gasteiger partial charge in [0.2, 0.25) is 0 Å². The number of rotatable bonds is 6. The summed E-state index contributed by atoms with van der Waals surface area (Å²) in [5, 5.41) is 6.04. The fraction of sp³-hybridized carbons (Fsp3) is 0.0370. The fourth-order valence-electron chi connectivity index (χ4n) is 8.12. The molecule has 10 aromatic carbocycles. The molecule has 1 nitrogen and oxygen atoms in total. The Kier molecular flexibility index (Phi) is 4.93. The van der Waals surface area contributed by atoms with E-state index in [9.17, 15) is 5.48 Å². The van der Waals surface area contributed by atoms with E-state index >= 15 is 0 Å². The van der Waals surface area contributed by atoms with Crippen molar-refractivity contribution in [2.45, 2.75) is 12.8 Å². The van der Waals surface area contributed by atoms with Crippen LogP contribution in [0.1, 0.15) is 40.1 Å². The van der Waals surface area contributed by atoms with E-state index in [1.807, 2.05) is 54.6 Å². The van der Waals surface area contributed by atoms with Gasteiger partial charge in [-0.25, -0.2) is 0 Å². The lowest BCUT2D eigenvalue weighted by atomic mass is 9.86. The van der Waals surface area contributed by atoms with Crippen molar-refractivity contribution < 1.29 is 22.2 Å². The molecule has 0 radical (unpaired) electrons. The summed E-state index contributed by atoms with van der Waals surface area (Å²) in [6, 6.07) is 32.0. The predicted octanol–water partition coefficient (Wildman–Crippen LogP) is 14.7. The molecule has 0 bridgehead atoms. The molecule has 0 spiro atoms. The molecule has 0 unspecified atom stereocenters. The first-order valence-corrected chi connectivity index (χ1v) is 18.1.